The van der Waals surface area contributed by atoms with Gasteiger partial charge in [-0.1, -0.05) is 33.1 Å². The number of primary amides is 1. The first kappa shape index (κ1) is 15.5. The molecule has 0 aliphatic heterocycles. The van der Waals surface area contributed by atoms with E-state index in [-0.39, 0.29) is 24.3 Å². The lowest BCUT2D eigenvalue weighted by atomic mass is 9.72. The Balaban J connectivity index is 2.83. The Kier molecular flexibility index (Phi) is 5.34. The minimum atomic E-state index is -1.07. The standard InChI is InChI=1S/C14H23N3O2/c1-10(2)11(6-9-15)17-13(19)14(12(16)18)7-4-3-5-8-14/h10-11H,3-8H2,1-2H3,(H2,16,18)(H,17,19). The Hall–Kier alpha value is -1.57. The predicted octanol–water partition coefficient (Wildman–Crippen LogP) is 1.48. The van der Waals surface area contributed by atoms with E-state index in [9.17, 15) is 9.59 Å². The first-order valence-electron chi connectivity index (χ1n) is 6.92. The van der Waals surface area contributed by atoms with Crippen molar-refractivity contribution in [1.29, 1.82) is 5.26 Å². The normalized spacial score (nSPS) is 19.5. The number of amides is 2. The average Bonchev–Trinajstić information content (AvgIpc) is 2.38. The highest BCUT2D eigenvalue weighted by molar-refractivity contribution is 6.04. The molecule has 0 aromatic carbocycles. The van der Waals surface area contributed by atoms with E-state index in [4.69, 9.17) is 11.0 Å². The van der Waals surface area contributed by atoms with Crippen molar-refractivity contribution in [2.45, 2.75) is 58.4 Å². The third-order valence-corrected chi connectivity index (χ3v) is 4.05. The van der Waals surface area contributed by atoms with Crippen LogP contribution >= 0.6 is 0 Å². The van der Waals surface area contributed by atoms with Gasteiger partial charge in [-0.3, -0.25) is 9.59 Å². The lowest BCUT2D eigenvalue weighted by Crippen LogP contribution is -2.54. The summed E-state index contributed by atoms with van der Waals surface area (Å²) in [5.74, 6) is -0.685. The molecule has 5 nitrogen and oxygen atoms in total. The Bertz CT molecular complexity index is 379. The van der Waals surface area contributed by atoms with Gasteiger partial charge in [0.2, 0.25) is 11.8 Å². The van der Waals surface area contributed by atoms with E-state index in [1.807, 2.05) is 13.8 Å². The van der Waals surface area contributed by atoms with Crippen LogP contribution in [0.3, 0.4) is 0 Å². The number of hydrogen-bond donors (Lipinski definition) is 2. The highest BCUT2D eigenvalue weighted by Gasteiger charge is 2.45. The third-order valence-electron chi connectivity index (χ3n) is 4.05. The van der Waals surface area contributed by atoms with Gasteiger partial charge in [0.25, 0.3) is 0 Å². The van der Waals surface area contributed by atoms with E-state index in [2.05, 4.69) is 11.4 Å². The van der Waals surface area contributed by atoms with Gasteiger partial charge in [0.15, 0.2) is 0 Å². The number of carbonyl (C=O) groups is 2. The van der Waals surface area contributed by atoms with Gasteiger partial charge in [-0.15, -0.1) is 0 Å². The van der Waals surface area contributed by atoms with Crippen LogP contribution in [0.1, 0.15) is 52.4 Å². The number of hydrogen-bond acceptors (Lipinski definition) is 3. The second-order valence-electron chi connectivity index (χ2n) is 5.69. The molecule has 0 aromatic rings. The number of nitrogens with one attached hydrogen (secondary N) is 1. The summed E-state index contributed by atoms with van der Waals surface area (Å²) in [6.07, 6.45) is 4.02. The van der Waals surface area contributed by atoms with Crippen molar-refractivity contribution in [1.82, 2.24) is 5.32 Å². The first-order chi connectivity index (χ1) is 8.94. The molecule has 106 valence electrons. The summed E-state index contributed by atoms with van der Waals surface area (Å²) < 4.78 is 0. The molecule has 2 amide bonds. The van der Waals surface area contributed by atoms with Gasteiger partial charge >= 0.3 is 0 Å². The molecular formula is C14H23N3O2. The van der Waals surface area contributed by atoms with Crippen LogP contribution in [0.15, 0.2) is 0 Å². The molecule has 0 heterocycles. The minimum absolute atomic E-state index is 0.150. The van der Waals surface area contributed by atoms with Gasteiger partial charge in [0.1, 0.15) is 5.41 Å². The Morgan fingerprint density at radius 3 is 2.32 bits per heavy atom. The minimum Gasteiger partial charge on any atom is -0.369 e. The van der Waals surface area contributed by atoms with Gasteiger partial charge in [0, 0.05) is 6.04 Å². The van der Waals surface area contributed by atoms with Crippen molar-refractivity contribution in [3.8, 4) is 6.07 Å². The fraction of sp³-hybridized carbons (Fsp3) is 0.786. The maximum absolute atomic E-state index is 12.4. The van der Waals surface area contributed by atoms with Crippen LogP contribution in [0.2, 0.25) is 0 Å². The molecule has 0 aromatic heterocycles. The van der Waals surface area contributed by atoms with E-state index in [1.54, 1.807) is 0 Å². The van der Waals surface area contributed by atoms with Gasteiger partial charge in [0.05, 0.1) is 12.5 Å². The highest BCUT2D eigenvalue weighted by atomic mass is 16.2. The van der Waals surface area contributed by atoms with Crippen LogP contribution in [0.25, 0.3) is 0 Å². The maximum atomic E-state index is 12.4. The summed E-state index contributed by atoms with van der Waals surface area (Å²) >= 11 is 0. The molecule has 0 spiro atoms. The van der Waals surface area contributed by atoms with E-state index >= 15 is 0 Å². The second kappa shape index (κ2) is 6.55. The lowest BCUT2D eigenvalue weighted by Gasteiger charge is -2.34. The van der Waals surface area contributed by atoms with Crippen LogP contribution < -0.4 is 11.1 Å². The molecule has 1 rings (SSSR count). The first-order valence-corrected chi connectivity index (χ1v) is 6.92. The molecule has 0 radical (unpaired) electrons. The van der Waals surface area contributed by atoms with E-state index < -0.39 is 11.3 Å². The van der Waals surface area contributed by atoms with Crippen LogP contribution in [-0.4, -0.2) is 17.9 Å². The zero-order valence-electron chi connectivity index (χ0n) is 11.7. The smallest absolute Gasteiger partial charge is 0.235 e. The molecule has 19 heavy (non-hydrogen) atoms. The SMILES string of the molecule is CC(C)C(CC#N)NC(=O)C1(C(N)=O)CCCCC1. The lowest BCUT2D eigenvalue weighted by molar-refractivity contribution is -0.144. The van der Waals surface area contributed by atoms with Crippen molar-refractivity contribution in [3.05, 3.63) is 0 Å². The fourth-order valence-corrected chi connectivity index (χ4v) is 2.60. The number of nitriles is 1. The zero-order valence-corrected chi connectivity index (χ0v) is 11.7. The summed E-state index contributed by atoms with van der Waals surface area (Å²) in [4.78, 5) is 24.2. The monoisotopic (exact) mass is 265 g/mol. The zero-order chi connectivity index (χ0) is 14.5. The molecule has 5 heteroatoms. The van der Waals surface area contributed by atoms with E-state index in [0.717, 1.165) is 19.3 Å². The Labute approximate surface area is 114 Å². The van der Waals surface area contributed by atoms with E-state index in [0.29, 0.717) is 12.8 Å². The van der Waals surface area contributed by atoms with Crippen molar-refractivity contribution in [3.63, 3.8) is 0 Å². The van der Waals surface area contributed by atoms with Crippen molar-refractivity contribution in [2.24, 2.45) is 17.1 Å². The summed E-state index contributed by atoms with van der Waals surface area (Å²) in [5, 5.41) is 11.6. The molecule has 0 bridgehead atoms. The number of rotatable bonds is 5. The molecule has 1 atom stereocenters. The maximum Gasteiger partial charge on any atom is 0.235 e. The second-order valence-corrected chi connectivity index (χ2v) is 5.69. The number of nitrogens with zero attached hydrogens (tertiary/aromatic N) is 1. The van der Waals surface area contributed by atoms with Crippen LogP contribution in [-0.2, 0) is 9.59 Å². The summed E-state index contributed by atoms with van der Waals surface area (Å²) in [6.45, 7) is 3.89. The average molecular weight is 265 g/mol. The van der Waals surface area contributed by atoms with Crippen molar-refractivity contribution >= 4 is 11.8 Å². The van der Waals surface area contributed by atoms with Gasteiger partial charge in [-0.25, -0.2) is 0 Å². The quantitative estimate of drug-likeness (QED) is 0.737. The number of carbonyl (C=O) groups excluding carboxylic acids is 2. The predicted molar refractivity (Wildman–Crippen MR) is 71.7 cm³/mol. The molecule has 3 N–H and O–H groups in total. The molecule has 1 fully saturated rings. The Morgan fingerprint density at radius 1 is 1.32 bits per heavy atom. The third kappa shape index (κ3) is 3.46. The summed E-state index contributed by atoms with van der Waals surface area (Å²) in [6, 6.07) is 1.84. The fourth-order valence-electron chi connectivity index (χ4n) is 2.60. The van der Waals surface area contributed by atoms with Gasteiger partial charge < -0.3 is 11.1 Å². The number of nitrogens with two attached hydrogens (primary N) is 1. The van der Waals surface area contributed by atoms with Gasteiger partial charge in [-0.05, 0) is 18.8 Å². The molecule has 1 aliphatic carbocycles. The van der Waals surface area contributed by atoms with Crippen LogP contribution in [0.4, 0.5) is 0 Å². The summed E-state index contributed by atoms with van der Waals surface area (Å²) in [5.41, 5.74) is 4.40. The van der Waals surface area contributed by atoms with Crippen LogP contribution in [0.5, 0.6) is 0 Å². The summed E-state index contributed by atoms with van der Waals surface area (Å²) in [7, 11) is 0. The molecule has 1 aliphatic rings. The molecular weight excluding hydrogens is 242 g/mol. The topological polar surface area (TPSA) is 96.0 Å². The highest BCUT2D eigenvalue weighted by Crippen LogP contribution is 2.36. The van der Waals surface area contributed by atoms with E-state index in [1.165, 1.54) is 0 Å². The largest absolute Gasteiger partial charge is 0.369 e. The Morgan fingerprint density at radius 2 is 1.89 bits per heavy atom. The molecule has 1 saturated carbocycles. The van der Waals surface area contributed by atoms with Crippen LogP contribution in [0, 0.1) is 22.7 Å². The molecule has 1 unspecified atom stereocenters. The van der Waals surface area contributed by atoms with Crippen molar-refractivity contribution < 1.29 is 9.59 Å². The van der Waals surface area contributed by atoms with Gasteiger partial charge in [-0.2, -0.15) is 5.26 Å². The van der Waals surface area contributed by atoms with Crippen molar-refractivity contribution in [2.75, 3.05) is 0 Å². The molecule has 0 saturated heterocycles.